The van der Waals surface area contributed by atoms with Crippen molar-refractivity contribution in [1.29, 1.82) is 5.26 Å². The van der Waals surface area contributed by atoms with E-state index >= 15 is 0 Å². The summed E-state index contributed by atoms with van der Waals surface area (Å²) >= 11 is 0.906. The number of thiazole rings is 1. The maximum Gasteiger partial charge on any atom is 0.425 e. The molecule has 0 fully saturated rings. The highest BCUT2D eigenvalue weighted by Crippen LogP contribution is 2.43. The van der Waals surface area contributed by atoms with Crippen molar-refractivity contribution in [3.05, 3.63) is 22.8 Å². The van der Waals surface area contributed by atoms with Gasteiger partial charge >= 0.3 is 6.18 Å². The van der Waals surface area contributed by atoms with Crippen LogP contribution in [0.2, 0.25) is 0 Å². The average Bonchev–Trinajstić information content (AvgIpc) is 2.86. The Morgan fingerprint density at radius 3 is 2.74 bits per heavy atom. The monoisotopic (exact) mass is 288 g/mol. The number of amides is 1. The Balaban J connectivity index is 2.59. The maximum atomic E-state index is 13.3. The van der Waals surface area contributed by atoms with Gasteiger partial charge in [-0.05, 0) is 6.92 Å². The number of hydrogen-bond donors (Lipinski definition) is 2. The predicted octanol–water partition coefficient (Wildman–Crippen LogP) is 1.78. The van der Waals surface area contributed by atoms with Gasteiger partial charge in [0.15, 0.2) is 5.13 Å². The zero-order valence-corrected chi connectivity index (χ0v) is 10.3. The summed E-state index contributed by atoms with van der Waals surface area (Å²) < 4.78 is 40.0. The van der Waals surface area contributed by atoms with Gasteiger partial charge in [-0.1, -0.05) is 0 Å². The lowest BCUT2D eigenvalue weighted by Crippen LogP contribution is -2.59. The van der Waals surface area contributed by atoms with Gasteiger partial charge < -0.3 is 10.6 Å². The van der Waals surface area contributed by atoms with Gasteiger partial charge in [-0.25, -0.2) is 4.98 Å². The number of anilines is 1. The van der Waals surface area contributed by atoms with Gasteiger partial charge in [-0.3, -0.25) is 4.79 Å². The van der Waals surface area contributed by atoms with E-state index in [0.717, 1.165) is 11.3 Å². The lowest BCUT2D eigenvalue weighted by molar-refractivity contribution is -0.174. The molecule has 1 aliphatic rings. The molecule has 2 N–H and O–H groups in total. The second-order valence-corrected chi connectivity index (χ2v) is 4.67. The minimum Gasteiger partial charge on any atom is -0.336 e. The van der Waals surface area contributed by atoms with Crippen LogP contribution >= 0.6 is 11.3 Å². The first-order chi connectivity index (χ1) is 8.83. The van der Waals surface area contributed by atoms with Crippen molar-refractivity contribution >= 4 is 22.4 Å². The van der Waals surface area contributed by atoms with Crippen molar-refractivity contribution in [3.8, 4) is 6.07 Å². The van der Waals surface area contributed by atoms with E-state index in [4.69, 9.17) is 5.26 Å². The molecule has 0 spiro atoms. The van der Waals surface area contributed by atoms with Crippen molar-refractivity contribution in [3.63, 3.8) is 0 Å². The van der Waals surface area contributed by atoms with Crippen LogP contribution in [0.3, 0.4) is 0 Å². The van der Waals surface area contributed by atoms with E-state index in [2.05, 4.69) is 4.98 Å². The molecule has 0 saturated carbocycles. The first kappa shape index (κ1) is 13.4. The third kappa shape index (κ3) is 1.84. The second-order valence-electron chi connectivity index (χ2n) is 3.78. The van der Waals surface area contributed by atoms with E-state index in [0.29, 0.717) is 0 Å². The zero-order chi connectivity index (χ0) is 14.3. The number of rotatable bonds is 2. The van der Waals surface area contributed by atoms with Gasteiger partial charge in [0.1, 0.15) is 0 Å². The molecule has 1 amide bonds. The second kappa shape index (κ2) is 4.24. The van der Waals surface area contributed by atoms with Crippen molar-refractivity contribution in [1.82, 2.24) is 10.3 Å². The highest BCUT2D eigenvalue weighted by molar-refractivity contribution is 7.13. The smallest absolute Gasteiger partial charge is 0.336 e. The van der Waals surface area contributed by atoms with Crippen LogP contribution in [0.25, 0.3) is 0 Å². The Hall–Kier alpha value is -2.08. The van der Waals surface area contributed by atoms with Crippen LogP contribution in [0.1, 0.15) is 6.92 Å². The minimum atomic E-state index is -4.97. The third-order valence-electron chi connectivity index (χ3n) is 2.66. The van der Waals surface area contributed by atoms with Crippen molar-refractivity contribution in [2.24, 2.45) is 0 Å². The fraction of sp³-hybridized carbons (Fsp3) is 0.300. The maximum absolute atomic E-state index is 13.3. The van der Waals surface area contributed by atoms with Gasteiger partial charge in [-0.2, -0.15) is 18.4 Å². The summed E-state index contributed by atoms with van der Waals surface area (Å²) in [5.41, 5.74) is -3.89. The predicted molar refractivity (Wildman–Crippen MR) is 61.0 cm³/mol. The minimum absolute atomic E-state index is 0.0880. The molecule has 9 heteroatoms. The topological polar surface area (TPSA) is 77.8 Å². The number of nitriles is 1. The average molecular weight is 288 g/mol. The Morgan fingerprint density at radius 2 is 2.26 bits per heavy atom. The molecule has 0 bridgehead atoms. The summed E-state index contributed by atoms with van der Waals surface area (Å²) in [5, 5.41) is 14.4. The number of carbonyl (C=O) groups excluding carboxylic acids is 1. The quantitative estimate of drug-likeness (QED) is 0.869. The molecule has 0 aliphatic carbocycles. The summed E-state index contributed by atoms with van der Waals surface area (Å²) in [6, 6.07) is 1.44. The molecule has 19 heavy (non-hydrogen) atoms. The first-order valence-electron chi connectivity index (χ1n) is 5.00. The SMILES string of the molecule is CC1=C(C#N)C(Nc2nccs2)(C(F)(F)F)C(=O)N1. The summed E-state index contributed by atoms with van der Waals surface area (Å²) in [5.74, 6) is -1.33. The van der Waals surface area contributed by atoms with Crippen LogP contribution in [0, 0.1) is 11.3 Å². The van der Waals surface area contributed by atoms with E-state index in [1.54, 1.807) is 0 Å². The number of hydrogen-bond acceptors (Lipinski definition) is 5. The normalized spacial score (nSPS) is 23.2. The molecule has 5 nitrogen and oxygen atoms in total. The summed E-state index contributed by atoms with van der Waals surface area (Å²) in [6.07, 6.45) is -3.67. The number of allylic oxidation sites excluding steroid dienone is 1. The van der Waals surface area contributed by atoms with E-state index in [9.17, 15) is 18.0 Å². The van der Waals surface area contributed by atoms with Crippen molar-refractivity contribution < 1.29 is 18.0 Å². The third-order valence-corrected chi connectivity index (χ3v) is 3.34. The van der Waals surface area contributed by atoms with Crippen LogP contribution in [0.5, 0.6) is 0 Å². The Kier molecular flexibility index (Phi) is 2.98. The van der Waals surface area contributed by atoms with Crippen molar-refractivity contribution in [2.75, 3.05) is 5.32 Å². The number of carbonyl (C=O) groups is 1. The molecule has 1 unspecified atom stereocenters. The molecule has 0 saturated heterocycles. The molecule has 0 aromatic carbocycles. The number of aromatic nitrogens is 1. The largest absolute Gasteiger partial charge is 0.425 e. The molecule has 1 atom stereocenters. The van der Waals surface area contributed by atoms with Crippen LogP contribution in [-0.2, 0) is 4.79 Å². The van der Waals surface area contributed by atoms with Gasteiger partial charge in [0.2, 0.25) is 0 Å². The molecular formula is C10H7F3N4OS. The molecule has 2 heterocycles. The van der Waals surface area contributed by atoms with E-state index < -0.39 is 23.2 Å². The number of nitrogens with one attached hydrogen (secondary N) is 2. The molecule has 1 aromatic heterocycles. The van der Waals surface area contributed by atoms with Crippen LogP contribution < -0.4 is 10.6 Å². The first-order valence-corrected chi connectivity index (χ1v) is 5.88. The number of nitrogens with zero attached hydrogens (tertiary/aromatic N) is 2. The van der Waals surface area contributed by atoms with Gasteiger partial charge in [0.05, 0.1) is 11.6 Å². The summed E-state index contributed by atoms with van der Waals surface area (Å²) in [7, 11) is 0. The highest BCUT2D eigenvalue weighted by atomic mass is 32.1. The zero-order valence-electron chi connectivity index (χ0n) is 9.50. The lowest BCUT2D eigenvalue weighted by Gasteiger charge is -2.30. The van der Waals surface area contributed by atoms with Crippen LogP contribution in [-0.4, -0.2) is 22.6 Å². The summed E-state index contributed by atoms with van der Waals surface area (Å²) in [4.78, 5) is 15.4. The summed E-state index contributed by atoms with van der Waals surface area (Å²) in [6.45, 7) is 1.24. The number of halogens is 3. The van der Waals surface area contributed by atoms with Gasteiger partial charge in [-0.15, -0.1) is 11.3 Å². The molecule has 100 valence electrons. The van der Waals surface area contributed by atoms with Gasteiger partial charge in [0.25, 0.3) is 11.4 Å². The Morgan fingerprint density at radius 1 is 1.58 bits per heavy atom. The Bertz CT molecular complexity index is 587. The van der Waals surface area contributed by atoms with E-state index in [1.165, 1.54) is 24.6 Å². The van der Waals surface area contributed by atoms with E-state index in [1.807, 2.05) is 10.6 Å². The standard InChI is InChI=1S/C10H7F3N4OS/c1-5-6(4-14)9(7(18)16-5,10(11,12)13)17-8-15-2-3-19-8/h2-3H,1H3,(H,15,17)(H,16,18). The molecule has 1 aliphatic heterocycles. The Labute approximate surface area is 109 Å². The fourth-order valence-corrected chi connectivity index (χ4v) is 2.38. The van der Waals surface area contributed by atoms with Crippen LogP contribution in [0.15, 0.2) is 22.8 Å². The van der Waals surface area contributed by atoms with Crippen LogP contribution in [0.4, 0.5) is 18.3 Å². The molecular weight excluding hydrogens is 281 g/mol. The fourth-order valence-electron chi connectivity index (χ4n) is 1.80. The highest BCUT2D eigenvalue weighted by Gasteiger charge is 2.67. The van der Waals surface area contributed by atoms with E-state index in [-0.39, 0.29) is 10.8 Å². The number of alkyl halides is 3. The molecule has 0 radical (unpaired) electrons. The molecule has 1 aromatic rings. The van der Waals surface area contributed by atoms with Crippen molar-refractivity contribution in [2.45, 2.75) is 18.6 Å². The molecule has 2 rings (SSSR count). The van der Waals surface area contributed by atoms with Gasteiger partial charge in [0, 0.05) is 17.3 Å². The lowest BCUT2D eigenvalue weighted by atomic mass is 9.90.